The molecule has 0 fully saturated rings. The molecule has 1 atom stereocenters. The summed E-state index contributed by atoms with van der Waals surface area (Å²) in [7, 11) is 0. The number of carbonyl (C=O) groups excluding carboxylic acids is 1. The highest BCUT2D eigenvalue weighted by molar-refractivity contribution is 8.00. The topological polar surface area (TPSA) is 103 Å². The second-order valence-corrected chi connectivity index (χ2v) is 8.75. The van der Waals surface area contributed by atoms with Crippen LogP contribution in [0.15, 0.2) is 84.0 Å². The Labute approximate surface area is 199 Å². The van der Waals surface area contributed by atoms with Crippen molar-refractivity contribution in [3.8, 4) is 11.4 Å². The molecule has 34 heavy (non-hydrogen) atoms. The highest BCUT2D eigenvalue weighted by atomic mass is 32.2. The van der Waals surface area contributed by atoms with Crippen molar-refractivity contribution in [3.63, 3.8) is 0 Å². The van der Waals surface area contributed by atoms with Crippen molar-refractivity contribution in [2.75, 3.05) is 5.32 Å². The highest BCUT2D eigenvalue weighted by Gasteiger charge is 2.21. The Morgan fingerprint density at radius 2 is 1.74 bits per heavy atom. The van der Waals surface area contributed by atoms with Gasteiger partial charge < -0.3 is 5.32 Å². The number of nitrogens with one attached hydrogen (secondary N) is 1. The van der Waals surface area contributed by atoms with E-state index in [1.165, 1.54) is 48.2 Å². The zero-order valence-corrected chi connectivity index (χ0v) is 18.9. The molecule has 1 heterocycles. The van der Waals surface area contributed by atoms with Crippen molar-refractivity contribution in [2.24, 2.45) is 0 Å². The lowest BCUT2D eigenvalue weighted by molar-refractivity contribution is -0.384. The summed E-state index contributed by atoms with van der Waals surface area (Å²) in [5.74, 6) is -0.0604. The van der Waals surface area contributed by atoms with E-state index < -0.39 is 10.2 Å². The van der Waals surface area contributed by atoms with Gasteiger partial charge in [0.15, 0.2) is 11.0 Å². The van der Waals surface area contributed by atoms with Crippen LogP contribution in [0.5, 0.6) is 0 Å². The van der Waals surface area contributed by atoms with E-state index in [1.54, 1.807) is 19.1 Å². The third kappa shape index (κ3) is 5.46. The average molecular weight is 478 g/mol. The van der Waals surface area contributed by atoms with Crippen LogP contribution in [0.1, 0.15) is 12.5 Å². The van der Waals surface area contributed by atoms with Gasteiger partial charge in [-0.1, -0.05) is 42.1 Å². The summed E-state index contributed by atoms with van der Waals surface area (Å²) >= 11 is 1.24. The molecule has 4 aromatic rings. The Morgan fingerprint density at radius 3 is 2.38 bits per heavy atom. The Balaban J connectivity index is 1.55. The van der Waals surface area contributed by atoms with E-state index in [0.717, 1.165) is 5.56 Å². The Kier molecular flexibility index (Phi) is 6.98. The summed E-state index contributed by atoms with van der Waals surface area (Å²) in [6.45, 7) is 2.21. The van der Waals surface area contributed by atoms with E-state index >= 15 is 0 Å². The van der Waals surface area contributed by atoms with Crippen LogP contribution in [0.3, 0.4) is 0 Å². The molecule has 1 amide bonds. The number of benzene rings is 3. The predicted molar refractivity (Wildman–Crippen MR) is 128 cm³/mol. The Bertz CT molecular complexity index is 1290. The fraction of sp³-hybridized carbons (Fsp3) is 0.125. The molecule has 0 radical (unpaired) electrons. The number of aromatic nitrogens is 3. The van der Waals surface area contributed by atoms with E-state index in [4.69, 9.17) is 0 Å². The van der Waals surface area contributed by atoms with Gasteiger partial charge in [-0.15, -0.1) is 10.2 Å². The molecule has 1 aromatic heterocycles. The van der Waals surface area contributed by atoms with Gasteiger partial charge in [0.2, 0.25) is 5.91 Å². The second-order valence-electron chi connectivity index (χ2n) is 7.44. The number of nitro benzene ring substituents is 1. The fourth-order valence-electron chi connectivity index (χ4n) is 3.22. The quantitative estimate of drug-likeness (QED) is 0.214. The number of nitrogens with zero attached hydrogens (tertiary/aromatic N) is 4. The maximum absolute atomic E-state index is 13.4. The fourth-order valence-corrected chi connectivity index (χ4v) is 4.07. The maximum Gasteiger partial charge on any atom is 0.269 e. The van der Waals surface area contributed by atoms with E-state index in [2.05, 4.69) is 15.5 Å². The van der Waals surface area contributed by atoms with Crippen LogP contribution in [0.2, 0.25) is 0 Å². The smallest absolute Gasteiger partial charge is 0.269 e. The van der Waals surface area contributed by atoms with Gasteiger partial charge in [0.25, 0.3) is 5.69 Å². The van der Waals surface area contributed by atoms with Gasteiger partial charge in [0.05, 0.1) is 16.7 Å². The van der Waals surface area contributed by atoms with Crippen molar-refractivity contribution in [2.45, 2.75) is 23.9 Å². The monoisotopic (exact) mass is 477 g/mol. The lowest BCUT2D eigenvalue weighted by Gasteiger charge is -2.14. The molecule has 0 bridgehead atoms. The van der Waals surface area contributed by atoms with E-state index in [0.29, 0.717) is 28.8 Å². The number of hydrogen-bond donors (Lipinski definition) is 1. The summed E-state index contributed by atoms with van der Waals surface area (Å²) in [6, 6.07) is 21.4. The first kappa shape index (κ1) is 23.1. The molecule has 3 aromatic carbocycles. The summed E-state index contributed by atoms with van der Waals surface area (Å²) in [4.78, 5) is 23.1. The molecular weight excluding hydrogens is 457 g/mol. The normalized spacial score (nSPS) is 11.7. The Morgan fingerprint density at radius 1 is 1.06 bits per heavy atom. The van der Waals surface area contributed by atoms with Crippen molar-refractivity contribution < 1.29 is 14.1 Å². The second kappa shape index (κ2) is 10.3. The third-order valence-electron chi connectivity index (χ3n) is 5.00. The molecule has 0 aliphatic rings. The number of halogens is 1. The number of anilines is 1. The van der Waals surface area contributed by atoms with Gasteiger partial charge in [-0.25, -0.2) is 4.39 Å². The van der Waals surface area contributed by atoms with Crippen molar-refractivity contribution in [1.29, 1.82) is 0 Å². The number of rotatable bonds is 8. The Hall–Kier alpha value is -4.05. The molecule has 0 aliphatic heterocycles. The summed E-state index contributed by atoms with van der Waals surface area (Å²) < 4.78 is 15.3. The summed E-state index contributed by atoms with van der Waals surface area (Å²) in [5, 5.41) is 22.2. The first-order valence-corrected chi connectivity index (χ1v) is 11.2. The van der Waals surface area contributed by atoms with Crippen LogP contribution in [0.25, 0.3) is 11.4 Å². The van der Waals surface area contributed by atoms with Crippen LogP contribution in [-0.4, -0.2) is 30.8 Å². The van der Waals surface area contributed by atoms with Gasteiger partial charge in [0, 0.05) is 23.4 Å². The molecule has 1 unspecified atom stereocenters. The van der Waals surface area contributed by atoms with Crippen molar-refractivity contribution in [1.82, 2.24) is 14.8 Å². The van der Waals surface area contributed by atoms with Crippen molar-refractivity contribution >= 4 is 29.0 Å². The van der Waals surface area contributed by atoms with E-state index in [1.807, 2.05) is 34.9 Å². The minimum absolute atomic E-state index is 0.0530. The standard InChI is InChI=1S/C24H20FN5O3S/c1-16(23(31)26-20-11-13-21(14-12-20)30(32)33)34-24-28-27-22(18-7-9-19(25)10-8-18)29(24)15-17-5-3-2-4-6-17/h2-14,16H,15H2,1H3,(H,26,31). The third-order valence-corrected chi connectivity index (χ3v) is 6.08. The predicted octanol–water partition coefficient (Wildman–Crippen LogP) is 5.16. The van der Waals surface area contributed by atoms with Gasteiger partial charge in [-0.2, -0.15) is 0 Å². The molecule has 0 aliphatic carbocycles. The molecule has 8 nitrogen and oxygen atoms in total. The van der Waals surface area contributed by atoms with Crippen LogP contribution in [-0.2, 0) is 11.3 Å². The number of hydrogen-bond acceptors (Lipinski definition) is 6. The molecule has 4 rings (SSSR count). The van der Waals surface area contributed by atoms with Crippen LogP contribution >= 0.6 is 11.8 Å². The van der Waals surface area contributed by atoms with Gasteiger partial charge in [-0.05, 0) is 48.9 Å². The summed E-state index contributed by atoms with van der Waals surface area (Å²) in [6.07, 6.45) is 0. The van der Waals surface area contributed by atoms with Crippen LogP contribution in [0.4, 0.5) is 15.8 Å². The molecular formula is C24H20FN5O3S. The van der Waals surface area contributed by atoms with Crippen LogP contribution in [0, 0.1) is 15.9 Å². The molecule has 0 saturated heterocycles. The zero-order valence-electron chi connectivity index (χ0n) is 18.1. The van der Waals surface area contributed by atoms with Gasteiger partial charge >= 0.3 is 0 Å². The highest BCUT2D eigenvalue weighted by Crippen LogP contribution is 2.28. The molecule has 0 spiro atoms. The SMILES string of the molecule is CC(Sc1nnc(-c2ccc(F)cc2)n1Cc1ccccc1)C(=O)Nc1ccc([N+](=O)[O-])cc1. The first-order chi connectivity index (χ1) is 16.4. The van der Waals surface area contributed by atoms with E-state index in [-0.39, 0.29) is 17.4 Å². The number of thioether (sulfide) groups is 1. The number of nitro groups is 1. The van der Waals surface area contributed by atoms with Gasteiger partial charge in [-0.3, -0.25) is 19.5 Å². The maximum atomic E-state index is 13.4. The molecule has 1 N–H and O–H groups in total. The minimum Gasteiger partial charge on any atom is -0.325 e. The van der Waals surface area contributed by atoms with Gasteiger partial charge in [0.1, 0.15) is 5.82 Å². The van der Waals surface area contributed by atoms with Crippen molar-refractivity contribution in [3.05, 3.63) is 100 Å². The number of carbonyl (C=O) groups is 1. The lowest BCUT2D eigenvalue weighted by Crippen LogP contribution is -2.23. The lowest BCUT2D eigenvalue weighted by atomic mass is 10.2. The minimum atomic E-state index is -0.532. The molecule has 0 saturated carbocycles. The molecule has 10 heteroatoms. The van der Waals surface area contributed by atoms with E-state index in [9.17, 15) is 19.3 Å². The zero-order chi connectivity index (χ0) is 24.1. The first-order valence-electron chi connectivity index (χ1n) is 10.4. The summed E-state index contributed by atoms with van der Waals surface area (Å²) in [5.41, 5.74) is 2.14. The number of non-ortho nitro benzene ring substituents is 1. The van der Waals surface area contributed by atoms with Crippen LogP contribution < -0.4 is 5.32 Å². The molecule has 172 valence electrons. The average Bonchev–Trinajstić information content (AvgIpc) is 3.22. The number of amides is 1. The largest absolute Gasteiger partial charge is 0.325 e.